The molecule has 1 aromatic heterocycles. The Balaban J connectivity index is 1.74. The van der Waals surface area contributed by atoms with Crippen LogP contribution in [0.15, 0.2) is 92.3 Å². The van der Waals surface area contributed by atoms with Crippen molar-refractivity contribution in [2.24, 2.45) is 0 Å². The van der Waals surface area contributed by atoms with Crippen LogP contribution < -0.4 is 0 Å². The smallest absolute Gasteiger partial charge is 0.272 e. The summed E-state index contributed by atoms with van der Waals surface area (Å²) >= 11 is 3.41. The predicted molar refractivity (Wildman–Crippen MR) is 125 cm³/mol. The summed E-state index contributed by atoms with van der Waals surface area (Å²) in [4.78, 5) is 27.5. The van der Waals surface area contributed by atoms with Crippen molar-refractivity contribution in [3.8, 4) is 17.4 Å². The monoisotopic (exact) mass is 486 g/mol. The number of hydrogen-bond acceptors (Lipinski definition) is 4. The second-order valence-electron chi connectivity index (χ2n) is 7.45. The van der Waals surface area contributed by atoms with Crippen molar-refractivity contribution in [1.29, 1.82) is 5.26 Å². The van der Waals surface area contributed by atoms with Gasteiger partial charge in [-0.3, -0.25) is 14.5 Å². The summed E-state index contributed by atoms with van der Waals surface area (Å²) in [6.45, 7) is 3.39. The highest BCUT2D eigenvalue weighted by atomic mass is 79.9. The van der Waals surface area contributed by atoms with Gasteiger partial charge in [-0.15, -0.1) is 0 Å². The van der Waals surface area contributed by atoms with E-state index < -0.39 is 17.9 Å². The normalized spacial score (nSPS) is 16.4. The fourth-order valence-electron chi connectivity index (χ4n) is 3.67. The Kier molecular flexibility index (Phi) is 5.93. The lowest BCUT2D eigenvalue weighted by atomic mass is 9.92. The number of benzene rings is 2. The van der Waals surface area contributed by atoms with Crippen LogP contribution in [0.3, 0.4) is 0 Å². The van der Waals surface area contributed by atoms with Crippen LogP contribution in [-0.2, 0) is 9.59 Å². The number of rotatable bonds is 4. The molecule has 2 aromatic carbocycles. The molecule has 5 nitrogen and oxygen atoms in total. The van der Waals surface area contributed by atoms with E-state index in [-0.39, 0.29) is 11.1 Å². The number of nitriles is 1. The molecule has 0 saturated heterocycles. The van der Waals surface area contributed by atoms with E-state index in [4.69, 9.17) is 4.42 Å². The van der Waals surface area contributed by atoms with Gasteiger partial charge in [-0.1, -0.05) is 58.4 Å². The fraction of sp³-hybridized carbons (Fsp3) is 0.115. The molecular weight excluding hydrogens is 468 g/mol. The third-order valence-corrected chi connectivity index (χ3v) is 6.01. The highest BCUT2D eigenvalue weighted by Gasteiger charge is 2.38. The molecule has 32 heavy (non-hydrogen) atoms. The maximum absolute atomic E-state index is 13.4. The summed E-state index contributed by atoms with van der Waals surface area (Å²) in [5, 5.41) is 9.63. The zero-order chi connectivity index (χ0) is 22.8. The van der Waals surface area contributed by atoms with E-state index in [9.17, 15) is 14.9 Å². The molecule has 1 aliphatic rings. The zero-order valence-corrected chi connectivity index (χ0v) is 19.1. The fourth-order valence-corrected chi connectivity index (χ4v) is 3.94. The third-order valence-electron chi connectivity index (χ3n) is 5.48. The van der Waals surface area contributed by atoms with Gasteiger partial charge in [0.2, 0.25) is 0 Å². The van der Waals surface area contributed by atoms with Gasteiger partial charge in [0.1, 0.15) is 23.2 Å². The van der Waals surface area contributed by atoms with Gasteiger partial charge in [0.15, 0.2) is 0 Å². The van der Waals surface area contributed by atoms with Crippen LogP contribution in [-0.4, -0.2) is 16.7 Å². The quantitative estimate of drug-likeness (QED) is 0.331. The van der Waals surface area contributed by atoms with Crippen LogP contribution in [0, 0.1) is 11.3 Å². The van der Waals surface area contributed by atoms with Crippen LogP contribution in [0.1, 0.15) is 31.2 Å². The average molecular weight is 487 g/mol. The van der Waals surface area contributed by atoms with E-state index in [0.717, 1.165) is 20.5 Å². The van der Waals surface area contributed by atoms with E-state index in [1.165, 1.54) is 0 Å². The van der Waals surface area contributed by atoms with Gasteiger partial charge in [-0.05, 0) is 55.3 Å². The number of nitrogens with zero attached hydrogens (tertiary/aromatic N) is 2. The number of carbonyl (C=O) groups is 2. The van der Waals surface area contributed by atoms with E-state index in [0.29, 0.717) is 17.1 Å². The number of hydrogen-bond donors (Lipinski definition) is 0. The van der Waals surface area contributed by atoms with Crippen molar-refractivity contribution < 1.29 is 14.0 Å². The van der Waals surface area contributed by atoms with Crippen LogP contribution in [0.25, 0.3) is 17.4 Å². The molecule has 0 fully saturated rings. The molecule has 1 unspecified atom stereocenters. The van der Waals surface area contributed by atoms with Crippen molar-refractivity contribution in [3.05, 3.63) is 99.2 Å². The van der Waals surface area contributed by atoms with Gasteiger partial charge < -0.3 is 4.42 Å². The van der Waals surface area contributed by atoms with Crippen molar-refractivity contribution in [2.75, 3.05) is 0 Å². The van der Waals surface area contributed by atoms with Gasteiger partial charge in [0.25, 0.3) is 11.8 Å². The Hall–Kier alpha value is -3.69. The van der Waals surface area contributed by atoms with E-state index in [2.05, 4.69) is 15.9 Å². The standard InChI is InChI=1S/C26H19BrN2O3/c1-16-22(14-21-12-13-24(32-21)19-8-10-20(27)11-9-19)25(30)29(26(31)23(16)15-28)17(2)18-6-4-3-5-7-18/h3-14,17H,1-2H3/b22-14+. The molecule has 0 N–H and O–H groups in total. The number of halogens is 1. The van der Waals surface area contributed by atoms with Crippen molar-refractivity contribution in [1.82, 2.24) is 4.90 Å². The van der Waals surface area contributed by atoms with E-state index >= 15 is 0 Å². The topological polar surface area (TPSA) is 74.3 Å². The molecule has 0 aliphatic carbocycles. The molecule has 0 spiro atoms. The minimum Gasteiger partial charge on any atom is -0.457 e. The van der Waals surface area contributed by atoms with E-state index in [1.54, 1.807) is 26.0 Å². The van der Waals surface area contributed by atoms with Crippen molar-refractivity contribution in [3.63, 3.8) is 0 Å². The lowest BCUT2D eigenvalue weighted by Gasteiger charge is -2.32. The van der Waals surface area contributed by atoms with Gasteiger partial charge in [-0.25, -0.2) is 0 Å². The number of imide groups is 1. The summed E-state index contributed by atoms with van der Waals surface area (Å²) in [5.74, 6) is 0.0767. The first kappa shape index (κ1) is 21.5. The Bertz CT molecular complexity index is 1290. The van der Waals surface area contributed by atoms with Crippen LogP contribution in [0.4, 0.5) is 0 Å². The van der Waals surface area contributed by atoms with Crippen molar-refractivity contribution >= 4 is 33.8 Å². The van der Waals surface area contributed by atoms with E-state index in [1.807, 2.05) is 66.7 Å². The third kappa shape index (κ3) is 3.95. The highest BCUT2D eigenvalue weighted by molar-refractivity contribution is 9.10. The van der Waals surface area contributed by atoms with Crippen LogP contribution >= 0.6 is 15.9 Å². The van der Waals surface area contributed by atoms with Gasteiger partial charge >= 0.3 is 0 Å². The van der Waals surface area contributed by atoms with Gasteiger partial charge in [-0.2, -0.15) is 5.26 Å². The molecule has 0 bridgehead atoms. The predicted octanol–water partition coefficient (Wildman–Crippen LogP) is 6.06. The highest BCUT2D eigenvalue weighted by Crippen LogP contribution is 2.33. The number of amides is 2. The van der Waals surface area contributed by atoms with Crippen molar-refractivity contribution in [2.45, 2.75) is 19.9 Å². The Morgan fingerprint density at radius 2 is 1.69 bits per heavy atom. The summed E-state index contributed by atoms with van der Waals surface area (Å²) < 4.78 is 6.90. The van der Waals surface area contributed by atoms with Gasteiger partial charge in [0.05, 0.1) is 6.04 Å². The molecule has 1 aliphatic heterocycles. The Labute approximate surface area is 194 Å². The molecule has 158 valence electrons. The van der Waals surface area contributed by atoms with Gasteiger partial charge in [0, 0.05) is 15.6 Å². The average Bonchev–Trinajstić information content (AvgIpc) is 3.27. The molecule has 4 rings (SSSR count). The summed E-state index contributed by atoms with van der Waals surface area (Å²) in [6, 6.07) is 22.0. The molecule has 0 radical (unpaired) electrons. The Morgan fingerprint density at radius 1 is 1.00 bits per heavy atom. The largest absolute Gasteiger partial charge is 0.457 e. The first-order valence-electron chi connectivity index (χ1n) is 10.0. The molecule has 2 heterocycles. The van der Waals surface area contributed by atoms with Crippen LogP contribution in [0.5, 0.6) is 0 Å². The second kappa shape index (κ2) is 8.81. The summed E-state index contributed by atoms with van der Waals surface area (Å²) in [5.41, 5.74) is 2.27. The number of carbonyl (C=O) groups excluding carboxylic acids is 2. The minimum atomic E-state index is -0.585. The first-order valence-corrected chi connectivity index (χ1v) is 10.8. The molecular formula is C26H19BrN2O3. The SMILES string of the molecule is CC1=C(C#N)C(=O)N(C(C)c2ccccc2)C(=O)/C1=C/c1ccc(-c2ccc(Br)cc2)o1. The summed E-state index contributed by atoms with van der Waals surface area (Å²) in [6.07, 6.45) is 1.59. The maximum atomic E-state index is 13.4. The molecule has 1 atom stereocenters. The molecule has 6 heteroatoms. The molecule has 3 aromatic rings. The first-order chi connectivity index (χ1) is 15.4. The lowest BCUT2D eigenvalue weighted by Crippen LogP contribution is -2.44. The van der Waals surface area contributed by atoms with Crippen LogP contribution in [0.2, 0.25) is 0 Å². The second-order valence-corrected chi connectivity index (χ2v) is 8.36. The lowest BCUT2D eigenvalue weighted by molar-refractivity contribution is -0.143. The molecule has 0 saturated carbocycles. The summed E-state index contributed by atoms with van der Waals surface area (Å²) in [7, 11) is 0. The Morgan fingerprint density at radius 3 is 2.34 bits per heavy atom. The maximum Gasteiger partial charge on any atom is 0.272 e. The minimum absolute atomic E-state index is 0.0432. The molecule has 2 amide bonds. The zero-order valence-electron chi connectivity index (χ0n) is 17.5. The number of furan rings is 1.